The van der Waals surface area contributed by atoms with Crippen LogP contribution in [0.15, 0.2) is 57.8 Å². The summed E-state index contributed by atoms with van der Waals surface area (Å²) in [6, 6.07) is 13.5. The SMILES string of the molecule is CCc1ccc(S(=O)(=O)N=C2SC(CC(=O)Nc3cccc(OC)c3)C(=O)N2C2CCCCC2)cc1. The lowest BCUT2D eigenvalue weighted by molar-refractivity contribution is -0.130. The first kappa shape index (κ1) is 26.2. The lowest BCUT2D eigenvalue weighted by Crippen LogP contribution is -2.42. The molecular weight excluding hydrogens is 498 g/mol. The van der Waals surface area contributed by atoms with Crippen molar-refractivity contribution in [2.75, 3.05) is 12.4 Å². The van der Waals surface area contributed by atoms with Gasteiger partial charge in [-0.25, -0.2) is 0 Å². The van der Waals surface area contributed by atoms with Crippen molar-refractivity contribution in [1.82, 2.24) is 4.90 Å². The van der Waals surface area contributed by atoms with Gasteiger partial charge < -0.3 is 10.1 Å². The zero-order chi connectivity index (χ0) is 25.7. The number of ether oxygens (including phenoxy) is 1. The summed E-state index contributed by atoms with van der Waals surface area (Å²) in [5.41, 5.74) is 1.59. The first-order valence-corrected chi connectivity index (χ1v) is 14.5. The minimum atomic E-state index is -4.01. The van der Waals surface area contributed by atoms with Crippen molar-refractivity contribution in [1.29, 1.82) is 0 Å². The highest BCUT2D eigenvalue weighted by molar-refractivity contribution is 8.16. The molecule has 0 radical (unpaired) electrons. The molecule has 1 aliphatic heterocycles. The molecule has 1 unspecified atom stereocenters. The van der Waals surface area contributed by atoms with Gasteiger partial charge in [-0.05, 0) is 49.1 Å². The number of carbonyl (C=O) groups excluding carboxylic acids is 2. The highest BCUT2D eigenvalue weighted by Crippen LogP contribution is 2.36. The predicted molar refractivity (Wildman–Crippen MR) is 142 cm³/mol. The van der Waals surface area contributed by atoms with Crippen molar-refractivity contribution in [2.24, 2.45) is 4.40 Å². The van der Waals surface area contributed by atoms with Crippen LogP contribution in [0.2, 0.25) is 0 Å². The number of nitrogens with zero attached hydrogens (tertiary/aromatic N) is 2. The van der Waals surface area contributed by atoms with Crippen LogP contribution in [0.3, 0.4) is 0 Å². The van der Waals surface area contributed by atoms with Crippen molar-refractivity contribution in [3.63, 3.8) is 0 Å². The van der Waals surface area contributed by atoms with Gasteiger partial charge in [-0.15, -0.1) is 4.40 Å². The molecule has 1 heterocycles. The Bertz CT molecular complexity index is 1240. The molecule has 2 aromatic carbocycles. The highest BCUT2D eigenvalue weighted by Gasteiger charge is 2.43. The number of methoxy groups -OCH3 is 1. The zero-order valence-corrected chi connectivity index (χ0v) is 22.1. The molecule has 2 aromatic rings. The Kier molecular flexibility index (Phi) is 8.35. The molecule has 36 heavy (non-hydrogen) atoms. The molecule has 8 nitrogen and oxygen atoms in total. The fourth-order valence-electron chi connectivity index (χ4n) is 4.49. The number of amides is 2. The molecule has 0 spiro atoms. The third-order valence-electron chi connectivity index (χ3n) is 6.46. The summed E-state index contributed by atoms with van der Waals surface area (Å²) in [6.45, 7) is 2.00. The van der Waals surface area contributed by atoms with Gasteiger partial charge in [0.2, 0.25) is 11.8 Å². The molecule has 2 aliphatic rings. The van der Waals surface area contributed by atoms with E-state index in [1.54, 1.807) is 55.6 Å². The van der Waals surface area contributed by atoms with Crippen LogP contribution < -0.4 is 10.1 Å². The van der Waals surface area contributed by atoms with Crippen LogP contribution in [0.25, 0.3) is 0 Å². The average molecular weight is 530 g/mol. The van der Waals surface area contributed by atoms with E-state index in [0.717, 1.165) is 55.9 Å². The van der Waals surface area contributed by atoms with Crippen LogP contribution >= 0.6 is 11.8 Å². The minimum absolute atomic E-state index is 0.0862. The van der Waals surface area contributed by atoms with Crippen LogP contribution in [0.4, 0.5) is 5.69 Å². The van der Waals surface area contributed by atoms with Crippen molar-refractivity contribution >= 4 is 44.5 Å². The number of aryl methyl sites for hydroxylation is 1. The molecule has 192 valence electrons. The van der Waals surface area contributed by atoms with Crippen molar-refractivity contribution < 1.29 is 22.7 Å². The van der Waals surface area contributed by atoms with Gasteiger partial charge in [-0.1, -0.05) is 56.1 Å². The molecule has 2 fully saturated rings. The second-order valence-electron chi connectivity index (χ2n) is 8.94. The van der Waals surface area contributed by atoms with E-state index in [9.17, 15) is 18.0 Å². The molecule has 1 aliphatic carbocycles. The molecule has 0 bridgehead atoms. The fraction of sp³-hybridized carbons (Fsp3) is 0.423. The lowest BCUT2D eigenvalue weighted by atomic mass is 9.94. The predicted octanol–water partition coefficient (Wildman–Crippen LogP) is 4.61. The summed E-state index contributed by atoms with van der Waals surface area (Å²) in [4.78, 5) is 27.8. The molecule has 10 heteroatoms. The average Bonchev–Trinajstić information content (AvgIpc) is 3.17. The normalized spacial score (nSPS) is 20.1. The van der Waals surface area contributed by atoms with Crippen LogP contribution in [-0.4, -0.2) is 48.7 Å². The number of sulfonamides is 1. The van der Waals surface area contributed by atoms with Gasteiger partial charge in [0.1, 0.15) is 11.0 Å². The number of thioether (sulfide) groups is 1. The monoisotopic (exact) mass is 529 g/mol. The maximum Gasteiger partial charge on any atom is 0.284 e. The Morgan fingerprint density at radius 1 is 1.14 bits per heavy atom. The molecule has 1 atom stereocenters. The van der Waals surface area contributed by atoms with Gasteiger partial charge in [-0.2, -0.15) is 8.42 Å². The molecule has 0 aromatic heterocycles. The molecule has 1 saturated heterocycles. The summed E-state index contributed by atoms with van der Waals surface area (Å²) in [5, 5.41) is 2.21. The van der Waals surface area contributed by atoms with Gasteiger partial charge in [0, 0.05) is 24.2 Å². The van der Waals surface area contributed by atoms with Gasteiger partial charge in [-0.3, -0.25) is 14.5 Å². The second-order valence-corrected chi connectivity index (χ2v) is 11.7. The zero-order valence-electron chi connectivity index (χ0n) is 20.5. The number of anilines is 1. The number of benzene rings is 2. The smallest absolute Gasteiger partial charge is 0.284 e. The van der Waals surface area contributed by atoms with E-state index in [1.807, 2.05) is 6.92 Å². The number of amidine groups is 1. The van der Waals surface area contributed by atoms with E-state index in [-0.39, 0.29) is 34.3 Å². The first-order valence-electron chi connectivity index (χ1n) is 12.2. The molecular formula is C26H31N3O5S2. The summed E-state index contributed by atoms with van der Waals surface area (Å²) in [7, 11) is -2.47. The Hall–Kier alpha value is -2.85. The topological polar surface area (TPSA) is 105 Å². The van der Waals surface area contributed by atoms with E-state index in [0.29, 0.717) is 11.4 Å². The molecule has 1 saturated carbocycles. The largest absolute Gasteiger partial charge is 0.497 e. The number of nitrogens with one attached hydrogen (secondary N) is 1. The third-order valence-corrected chi connectivity index (χ3v) is 9.01. The Morgan fingerprint density at radius 3 is 2.53 bits per heavy atom. The van der Waals surface area contributed by atoms with Crippen LogP contribution in [0, 0.1) is 0 Å². The Labute approximate surface area is 216 Å². The number of hydrogen-bond donors (Lipinski definition) is 1. The summed E-state index contributed by atoms with van der Waals surface area (Å²) in [6.07, 6.45) is 5.32. The van der Waals surface area contributed by atoms with Crippen LogP contribution in [0.5, 0.6) is 5.75 Å². The number of carbonyl (C=O) groups is 2. The fourth-order valence-corrected chi connectivity index (χ4v) is 6.89. The number of rotatable bonds is 8. The second kappa shape index (κ2) is 11.5. The van der Waals surface area contributed by atoms with Crippen molar-refractivity contribution in [2.45, 2.75) is 68.1 Å². The minimum Gasteiger partial charge on any atom is -0.497 e. The van der Waals surface area contributed by atoms with Crippen LogP contribution in [0.1, 0.15) is 51.0 Å². The maximum absolute atomic E-state index is 13.4. The van der Waals surface area contributed by atoms with Crippen LogP contribution in [-0.2, 0) is 26.0 Å². The number of hydrogen-bond acceptors (Lipinski definition) is 6. The van der Waals surface area contributed by atoms with Gasteiger partial charge in [0.25, 0.3) is 10.0 Å². The van der Waals surface area contributed by atoms with E-state index < -0.39 is 15.3 Å². The van der Waals surface area contributed by atoms with E-state index in [4.69, 9.17) is 4.74 Å². The Balaban J connectivity index is 1.56. The van der Waals surface area contributed by atoms with Gasteiger partial charge in [0.15, 0.2) is 5.17 Å². The lowest BCUT2D eigenvalue weighted by Gasteiger charge is -2.30. The summed E-state index contributed by atoms with van der Waals surface area (Å²) < 4.78 is 35.5. The molecule has 1 N–H and O–H groups in total. The molecule has 4 rings (SSSR count). The first-order chi connectivity index (χ1) is 17.3. The van der Waals surface area contributed by atoms with Crippen molar-refractivity contribution in [3.8, 4) is 5.75 Å². The maximum atomic E-state index is 13.4. The van der Waals surface area contributed by atoms with E-state index >= 15 is 0 Å². The summed E-state index contributed by atoms with van der Waals surface area (Å²) in [5.74, 6) is 0.00844. The van der Waals surface area contributed by atoms with E-state index in [1.165, 1.54) is 4.90 Å². The molecule has 2 amide bonds. The van der Waals surface area contributed by atoms with Gasteiger partial charge in [0.05, 0.1) is 12.0 Å². The van der Waals surface area contributed by atoms with Crippen molar-refractivity contribution in [3.05, 3.63) is 54.1 Å². The highest BCUT2D eigenvalue weighted by atomic mass is 32.2. The quantitative estimate of drug-likeness (QED) is 0.536. The Morgan fingerprint density at radius 2 is 1.86 bits per heavy atom. The summed E-state index contributed by atoms with van der Waals surface area (Å²) >= 11 is 1.06. The van der Waals surface area contributed by atoms with E-state index in [2.05, 4.69) is 9.71 Å². The van der Waals surface area contributed by atoms with Gasteiger partial charge >= 0.3 is 0 Å². The third kappa shape index (κ3) is 6.10. The standard InChI is InChI=1S/C26H31N3O5S2/c1-3-18-12-14-22(15-13-18)36(32,33)28-26-29(20-9-5-4-6-10-20)25(31)23(35-26)17-24(30)27-19-8-7-11-21(16-19)34-2/h7-8,11-16,20,23H,3-6,9-10,17H2,1-2H3,(H,27,30).